The van der Waals surface area contributed by atoms with Crippen LogP contribution in [0.25, 0.3) is 0 Å². The second-order valence-electron chi connectivity index (χ2n) is 7.53. The molecule has 9 heteroatoms. The summed E-state index contributed by atoms with van der Waals surface area (Å²) in [6.07, 6.45) is -4.72. The van der Waals surface area contributed by atoms with E-state index < -0.39 is 24.2 Å². The van der Waals surface area contributed by atoms with Crippen molar-refractivity contribution in [1.82, 2.24) is 15.1 Å². The Kier molecular flexibility index (Phi) is 5.66. The second kappa shape index (κ2) is 8.26. The predicted molar refractivity (Wildman–Crippen MR) is 112 cm³/mol. The summed E-state index contributed by atoms with van der Waals surface area (Å²) in [5.74, 6) is -0.418. The first-order valence-electron chi connectivity index (χ1n) is 9.73. The number of nitrogens with one attached hydrogen (secondary N) is 2. The number of anilines is 1. The van der Waals surface area contributed by atoms with Crippen molar-refractivity contribution in [2.75, 3.05) is 5.32 Å². The zero-order chi connectivity index (χ0) is 22.2. The van der Waals surface area contributed by atoms with Gasteiger partial charge in [0.2, 0.25) is 0 Å². The van der Waals surface area contributed by atoms with Gasteiger partial charge in [-0.05, 0) is 24.1 Å². The Morgan fingerprint density at radius 3 is 2.61 bits per heavy atom. The van der Waals surface area contributed by atoms with Crippen LogP contribution in [0.5, 0.6) is 0 Å². The molecule has 0 aliphatic carbocycles. The number of benzene rings is 2. The van der Waals surface area contributed by atoms with Crippen molar-refractivity contribution in [3.05, 3.63) is 82.0 Å². The Morgan fingerprint density at radius 2 is 1.94 bits per heavy atom. The molecule has 0 saturated carbocycles. The van der Waals surface area contributed by atoms with E-state index >= 15 is 0 Å². The third kappa shape index (κ3) is 4.54. The van der Waals surface area contributed by atoms with Crippen molar-refractivity contribution in [2.45, 2.75) is 38.1 Å². The number of hydrogen-bond acceptors (Lipinski definition) is 3. The van der Waals surface area contributed by atoms with Crippen molar-refractivity contribution in [2.24, 2.45) is 0 Å². The SMILES string of the molecule is Cc1ccc([C@H]2C[C@H](C(F)(F)F)n3nc(C(=O)NCc4ccccc4Cl)cc3N2)cc1. The fourth-order valence-electron chi connectivity index (χ4n) is 3.61. The Morgan fingerprint density at radius 1 is 1.23 bits per heavy atom. The van der Waals surface area contributed by atoms with E-state index in [2.05, 4.69) is 15.7 Å². The minimum absolute atomic E-state index is 0.0895. The molecule has 1 amide bonds. The lowest BCUT2D eigenvalue weighted by Crippen LogP contribution is -2.35. The quantitative estimate of drug-likeness (QED) is 0.559. The van der Waals surface area contributed by atoms with E-state index in [9.17, 15) is 18.0 Å². The molecule has 1 aromatic heterocycles. The van der Waals surface area contributed by atoms with Crippen LogP contribution in [0.2, 0.25) is 5.02 Å². The first-order valence-corrected chi connectivity index (χ1v) is 10.1. The van der Waals surface area contributed by atoms with Gasteiger partial charge in [0.05, 0.1) is 6.04 Å². The Labute approximate surface area is 182 Å². The summed E-state index contributed by atoms with van der Waals surface area (Å²) in [6, 6.07) is 13.3. The van der Waals surface area contributed by atoms with Gasteiger partial charge in [0.1, 0.15) is 5.82 Å². The minimum Gasteiger partial charge on any atom is -0.363 e. The number of aryl methyl sites for hydroxylation is 1. The molecule has 31 heavy (non-hydrogen) atoms. The topological polar surface area (TPSA) is 59.0 Å². The monoisotopic (exact) mass is 448 g/mol. The average Bonchev–Trinajstić information content (AvgIpc) is 3.16. The van der Waals surface area contributed by atoms with Crippen LogP contribution in [0.1, 0.15) is 45.7 Å². The fourth-order valence-corrected chi connectivity index (χ4v) is 3.81. The van der Waals surface area contributed by atoms with E-state index in [4.69, 9.17) is 11.6 Å². The third-order valence-corrected chi connectivity index (χ3v) is 5.67. The lowest BCUT2D eigenvalue weighted by Gasteiger charge is -2.33. The summed E-state index contributed by atoms with van der Waals surface area (Å²) >= 11 is 6.08. The van der Waals surface area contributed by atoms with Crippen molar-refractivity contribution >= 4 is 23.3 Å². The first kappa shape index (κ1) is 21.2. The molecule has 1 aliphatic heterocycles. The van der Waals surface area contributed by atoms with Crippen LogP contribution < -0.4 is 10.6 Å². The van der Waals surface area contributed by atoms with Crippen LogP contribution in [0.15, 0.2) is 54.6 Å². The van der Waals surface area contributed by atoms with Crippen LogP contribution in [0, 0.1) is 6.92 Å². The van der Waals surface area contributed by atoms with E-state index in [1.54, 1.807) is 24.3 Å². The highest BCUT2D eigenvalue weighted by Gasteiger charge is 2.46. The highest BCUT2D eigenvalue weighted by Crippen LogP contribution is 2.43. The number of halogens is 4. The van der Waals surface area contributed by atoms with E-state index in [1.807, 2.05) is 31.2 Å². The maximum Gasteiger partial charge on any atom is 0.410 e. The molecule has 0 bridgehead atoms. The van der Waals surface area contributed by atoms with Gasteiger partial charge in [-0.3, -0.25) is 4.79 Å². The number of nitrogens with zero attached hydrogens (tertiary/aromatic N) is 2. The molecular weight excluding hydrogens is 429 g/mol. The first-order chi connectivity index (χ1) is 14.7. The van der Waals surface area contributed by atoms with Crippen molar-refractivity contribution in [1.29, 1.82) is 0 Å². The molecule has 4 rings (SSSR count). The molecule has 3 aromatic rings. The molecule has 5 nitrogen and oxygen atoms in total. The summed E-state index contributed by atoms with van der Waals surface area (Å²) in [5.41, 5.74) is 2.38. The van der Waals surface area contributed by atoms with Gasteiger partial charge in [-0.2, -0.15) is 18.3 Å². The van der Waals surface area contributed by atoms with Gasteiger partial charge in [0.25, 0.3) is 5.91 Å². The number of carbonyl (C=O) groups is 1. The zero-order valence-electron chi connectivity index (χ0n) is 16.6. The van der Waals surface area contributed by atoms with Crippen molar-refractivity contribution in [3.63, 3.8) is 0 Å². The summed E-state index contributed by atoms with van der Waals surface area (Å²) in [6.45, 7) is 2.06. The number of aromatic nitrogens is 2. The van der Waals surface area contributed by atoms with Gasteiger partial charge in [0, 0.05) is 24.1 Å². The summed E-state index contributed by atoms with van der Waals surface area (Å²) in [5, 5.41) is 10.2. The number of alkyl halides is 3. The number of carbonyl (C=O) groups excluding carboxylic acids is 1. The Bertz CT molecular complexity index is 1090. The van der Waals surface area contributed by atoms with Gasteiger partial charge in [-0.25, -0.2) is 4.68 Å². The van der Waals surface area contributed by atoms with Gasteiger partial charge in [-0.15, -0.1) is 0 Å². The van der Waals surface area contributed by atoms with Gasteiger partial charge < -0.3 is 10.6 Å². The predicted octanol–water partition coefficient (Wildman–Crippen LogP) is 5.44. The van der Waals surface area contributed by atoms with Gasteiger partial charge >= 0.3 is 6.18 Å². The van der Waals surface area contributed by atoms with Crippen LogP contribution in [0.3, 0.4) is 0 Å². The van der Waals surface area contributed by atoms with Gasteiger partial charge in [0.15, 0.2) is 11.7 Å². The molecule has 1 aliphatic rings. The van der Waals surface area contributed by atoms with Crippen molar-refractivity contribution in [3.8, 4) is 0 Å². The molecule has 2 heterocycles. The maximum atomic E-state index is 13.8. The van der Waals surface area contributed by atoms with Crippen molar-refractivity contribution < 1.29 is 18.0 Å². The lowest BCUT2D eigenvalue weighted by molar-refractivity contribution is -0.173. The molecule has 0 spiro atoms. The van der Waals surface area contributed by atoms with Crippen LogP contribution in [-0.2, 0) is 6.54 Å². The summed E-state index contributed by atoms with van der Waals surface area (Å²) in [7, 11) is 0. The van der Waals surface area contributed by atoms with Crippen LogP contribution in [-0.4, -0.2) is 21.9 Å². The van der Waals surface area contributed by atoms with E-state index in [0.29, 0.717) is 10.6 Å². The Hall–Kier alpha value is -3.00. The number of amides is 1. The molecule has 2 N–H and O–H groups in total. The number of hydrogen-bond donors (Lipinski definition) is 2. The normalized spacial score (nSPS) is 18.2. The second-order valence-corrected chi connectivity index (χ2v) is 7.94. The molecule has 0 fully saturated rings. The summed E-state index contributed by atoms with van der Waals surface area (Å²) in [4.78, 5) is 12.6. The highest BCUT2D eigenvalue weighted by atomic mass is 35.5. The highest BCUT2D eigenvalue weighted by molar-refractivity contribution is 6.31. The number of fused-ring (bicyclic) bond motifs is 1. The Balaban J connectivity index is 1.58. The zero-order valence-corrected chi connectivity index (χ0v) is 17.3. The molecule has 0 unspecified atom stereocenters. The molecule has 0 radical (unpaired) electrons. The molecule has 162 valence electrons. The standard InChI is InChI=1S/C22H20ClF3N4O/c1-13-6-8-14(9-7-13)17-10-19(22(24,25)26)30-20(28-17)11-18(29-30)21(31)27-12-15-4-2-3-5-16(15)23/h2-9,11,17,19,28H,10,12H2,1H3,(H,27,31)/t17-,19-/m1/s1. The molecule has 2 aromatic carbocycles. The largest absolute Gasteiger partial charge is 0.410 e. The maximum absolute atomic E-state index is 13.8. The van der Waals surface area contributed by atoms with Gasteiger partial charge in [-0.1, -0.05) is 59.6 Å². The third-order valence-electron chi connectivity index (χ3n) is 5.30. The fraction of sp³-hybridized carbons (Fsp3) is 0.273. The van der Waals surface area contributed by atoms with E-state index in [1.165, 1.54) is 6.07 Å². The lowest BCUT2D eigenvalue weighted by atomic mass is 9.96. The average molecular weight is 449 g/mol. The van der Waals surface area contributed by atoms with Crippen LogP contribution >= 0.6 is 11.6 Å². The molecular formula is C22H20ClF3N4O. The van der Waals surface area contributed by atoms with Crippen LogP contribution in [0.4, 0.5) is 19.0 Å². The molecule has 0 saturated heterocycles. The van der Waals surface area contributed by atoms with E-state index in [0.717, 1.165) is 15.8 Å². The molecule has 2 atom stereocenters. The number of rotatable bonds is 4. The minimum atomic E-state index is -4.50. The van der Waals surface area contributed by atoms with E-state index in [-0.39, 0.29) is 24.5 Å². The smallest absolute Gasteiger partial charge is 0.363 e. The summed E-state index contributed by atoms with van der Waals surface area (Å²) < 4.78 is 42.2.